The van der Waals surface area contributed by atoms with Gasteiger partial charge in [-0.05, 0) is 54.8 Å². The Bertz CT molecular complexity index is 709. The Hall–Kier alpha value is -1.95. The highest BCUT2D eigenvalue weighted by molar-refractivity contribution is 8.18. The summed E-state index contributed by atoms with van der Waals surface area (Å²) >= 11 is 1.42. The molecule has 5 nitrogen and oxygen atoms in total. The number of aliphatic imine (C=N–C) groups is 1. The lowest BCUT2D eigenvalue weighted by Crippen LogP contribution is -2.21. The molecule has 140 valence electrons. The van der Waals surface area contributed by atoms with Gasteiger partial charge in [0.05, 0.1) is 24.7 Å². The Morgan fingerprint density at radius 2 is 2.12 bits per heavy atom. The van der Waals surface area contributed by atoms with Gasteiger partial charge < -0.3 is 14.8 Å². The molecule has 1 aromatic rings. The van der Waals surface area contributed by atoms with Gasteiger partial charge in [0.2, 0.25) is 0 Å². The normalized spacial score (nSPS) is 20.8. The van der Waals surface area contributed by atoms with Crippen LogP contribution in [0.2, 0.25) is 0 Å². The van der Waals surface area contributed by atoms with Gasteiger partial charge in [0.1, 0.15) is 0 Å². The topological polar surface area (TPSA) is 59.9 Å². The van der Waals surface area contributed by atoms with Crippen molar-refractivity contribution in [2.24, 2.45) is 4.99 Å². The van der Waals surface area contributed by atoms with Crippen molar-refractivity contribution < 1.29 is 14.3 Å². The second kappa shape index (κ2) is 9.12. The fourth-order valence-corrected chi connectivity index (χ4v) is 3.95. The van der Waals surface area contributed by atoms with Crippen molar-refractivity contribution in [3.8, 4) is 11.5 Å². The molecule has 1 aliphatic carbocycles. The highest BCUT2D eigenvalue weighted by atomic mass is 32.2. The number of nitrogens with zero attached hydrogens (tertiary/aromatic N) is 1. The summed E-state index contributed by atoms with van der Waals surface area (Å²) < 4.78 is 11.2. The number of hydrogen-bond donors (Lipinski definition) is 1. The number of hydrogen-bond acceptors (Lipinski definition) is 5. The number of rotatable bonds is 7. The predicted molar refractivity (Wildman–Crippen MR) is 107 cm³/mol. The number of nitrogens with one attached hydrogen (secondary N) is 1. The van der Waals surface area contributed by atoms with Crippen molar-refractivity contribution in [3.05, 3.63) is 28.7 Å². The fourth-order valence-electron chi connectivity index (χ4n) is 3.06. The number of benzene rings is 1. The van der Waals surface area contributed by atoms with E-state index in [0.717, 1.165) is 36.4 Å². The molecule has 1 saturated carbocycles. The molecule has 0 aromatic heterocycles. The Labute approximate surface area is 159 Å². The van der Waals surface area contributed by atoms with E-state index in [1.165, 1.54) is 24.6 Å². The Morgan fingerprint density at radius 1 is 1.31 bits per heavy atom. The van der Waals surface area contributed by atoms with E-state index >= 15 is 0 Å². The number of methoxy groups -OCH3 is 1. The minimum atomic E-state index is -0.0870. The van der Waals surface area contributed by atoms with Gasteiger partial charge in [-0.3, -0.25) is 9.79 Å². The maximum Gasteiger partial charge on any atom is 0.264 e. The number of ether oxygens (including phenoxy) is 2. The lowest BCUT2D eigenvalue weighted by molar-refractivity contribution is -0.115. The molecule has 0 bridgehead atoms. The number of amidine groups is 1. The average Bonchev–Trinajstić information content (AvgIpc) is 3.26. The van der Waals surface area contributed by atoms with E-state index in [-0.39, 0.29) is 5.91 Å². The van der Waals surface area contributed by atoms with Crippen LogP contribution in [0.25, 0.3) is 6.08 Å². The average molecular weight is 375 g/mol. The van der Waals surface area contributed by atoms with Crippen molar-refractivity contribution >= 4 is 28.9 Å². The van der Waals surface area contributed by atoms with Crippen molar-refractivity contribution in [3.63, 3.8) is 0 Å². The highest BCUT2D eigenvalue weighted by Crippen LogP contribution is 2.32. The monoisotopic (exact) mass is 374 g/mol. The van der Waals surface area contributed by atoms with Crippen LogP contribution in [0.5, 0.6) is 11.5 Å². The standard InChI is InChI=1S/C20H26N2O3S/c1-3-4-11-25-17-12-14(9-10-16(17)24-2)13-18-19(23)22-20(26-18)21-15-7-5-6-8-15/h9-10,12-13,15H,3-8,11H2,1-2H3,(H,21,22,23)/b18-13-. The van der Waals surface area contributed by atoms with E-state index in [9.17, 15) is 4.79 Å². The summed E-state index contributed by atoms with van der Waals surface area (Å²) in [5.74, 6) is 1.32. The zero-order chi connectivity index (χ0) is 18.4. The number of amides is 1. The van der Waals surface area contributed by atoms with E-state index in [1.807, 2.05) is 24.3 Å². The molecule has 1 aliphatic heterocycles. The summed E-state index contributed by atoms with van der Waals surface area (Å²) in [7, 11) is 1.63. The van der Waals surface area contributed by atoms with Gasteiger partial charge in [-0.25, -0.2) is 0 Å². The first-order valence-electron chi connectivity index (χ1n) is 9.29. The summed E-state index contributed by atoms with van der Waals surface area (Å²) in [4.78, 5) is 17.6. The minimum absolute atomic E-state index is 0.0870. The number of carbonyl (C=O) groups is 1. The van der Waals surface area contributed by atoms with E-state index in [2.05, 4.69) is 17.2 Å². The zero-order valence-corrected chi connectivity index (χ0v) is 16.2. The van der Waals surface area contributed by atoms with Crippen molar-refractivity contribution in [1.29, 1.82) is 0 Å². The predicted octanol–water partition coefficient (Wildman–Crippen LogP) is 4.38. The van der Waals surface area contributed by atoms with Crippen LogP contribution in [0.3, 0.4) is 0 Å². The van der Waals surface area contributed by atoms with Gasteiger partial charge in [-0.1, -0.05) is 32.3 Å². The van der Waals surface area contributed by atoms with Crippen molar-refractivity contribution in [2.45, 2.75) is 51.5 Å². The largest absolute Gasteiger partial charge is 0.493 e. The van der Waals surface area contributed by atoms with Gasteiger partial charge in [0.25, 0.3) is 5.91 Å². The highest BCUT2D eigenvalue weighted by Gasteiger charge is 2.25. The van der Waals surface area contributed by atoms with Gasteiger partial charge >= 0.3 is 0 Å². The first-order chi connectivity index (χ1) is 12.7. The van der Waals surface area contributed by atoms with Gasteiger partial charge in [0, 0.05) is 0 Å². The number of carbonyl (C=O) groups excluding carboxylic acids is 1. The molecule has 6 heteroatoms. The van der Waals surface area contributed by atoms with Crippen LogP contribution in [-0.4, -0.2) is 30.8 Å². The second-order valence-corrected chi connectivity index (χ2v) is 7.58. The molecular formula is C20H26N2O3S. The van der Waals surface area contributed by atoms with Crippen LogP contribution in [0.15, 0.2) is 28.1 Å². The molecule has 2 fully saturated rings. The quantitative estimate of drug-likeness (QED) is 0.568. The molecule has 3 rings (SSSR count). The van der Waals surface area contributed by atoms with Gasteiger partial charge in [-0.15, -0.1) is 0 Å². The van der Waals surface area contributed by atoms with E-state index in [1.54, 1.807) is 7.11 Å². The third-order valence-corrected chi connectivity index (χ3v) is 5.44. The Balaban J connectivity index is 1.74. The molecule has 0 atom stereocenters. The van der Waals surface area contributed by atoms with E-state index in [0.29, 0.717) is 29.1 Å². The van der Waals surface area contributed by atoms with Crippen molar-refractivity contribution in [2.75, 3.05) is 13.7 Å². The molecule has 1 saturated heterocycles. The molecule has 1 aromatic carbocycles. The van der Waals surface area contributed by atoms with Crippen LogP contribution in [0, 0.1) is 0 Å². The maximum absolute atomic E-state index is 12.2. The summed E-state index contributed by atoms with van der Waals surface area (Å²) in [6.45, 7) is 2.78. The Morgan fingerprint density at radius 3 is 2.85 bits per heavy atom. The van der Waals surface area contributed by atoms with Crippen LogP contribution in [-0.2, 0) is 4.79 Å². The molecule has 1 amide bonds. The number of thioether (sulfide) groups is 1. The summed E-state index contributed by atoms with van der Waals surface area (Å²) in [5, 5.41) is 3.60. The molecule has 1 N–H and O–H groups in total. The molecule has 0 unspecified atom stereocenters. The van der Waals surface area contributed by atoms with Gasteiger partial charge in [0.15, 0.2) is 16.7 Å². The smallest absolute Gasteiger partial charge is 0.264 e. The first kappa shape index (κ1) is 18.8. The van der Waals surface area contributed by atoms with Gasteiger partial charge in [-0.2, -0.15) is 0 Å². The van der Waals surface area contributed by atoms with Crippen LogP contribution >= 0.6 is 11.8 Å². The van der Waals surface area contributed by atoms with E-state index < -0.39 is 0 Å². The lowest BCUT2D eigenvalue weighted by atomic mass is 10.2. The maximum atomic E-state index is 12.2. The minimum Gasteiger partial charge on any atom is -0.493 e. The lowest BCUT2D eigenvalue weighted by Gasteiger charge is -2.11. The van der Waals surface area contributed by atoms with E-state index in [4.69, 9.17) is 9.47 Å². The third kappa shape index (κ3) is 4.81. The SMILES string of the molecule is CCCCOc1cc(/C=C2\SC(=NC3CCCC3)NC2=O)ccc1OC. The van der Waals surface area contributed by atoms with Crippen LogP contribution < -0.4 is 14.8 Å². The molecule has 0 radical (unpaired) electrons. The number of unbranched alkanes of at least 4 members (excludes halogenated alkanes) is 1. The first-order valence-corrected chi connectivity index (χ1v) is 10.1. The van der Waals surface area contributed by atoms with Crippen LogP contribution in [0.4, 0.5) is 0 Å². The summed E-state index contributed by atoms with van der Waals surface area (Å²) in [5.41, 5.74) is 0.914. The molecule has 0 spiro atoms. The molecular weight excluding hydrogens is 348 g/mol. The Kier molecular flexibility index (Phi) is 6.61. The molecule has 26 heavy (non-hydrogen) atoms. The van der Waals surface area contributed by atoms with Crippen molar-refractivity contribution in [1.82, 2.24) is 5.32 Å². The third-order valence-electron chi connectivity index (χ3n) is 4.52. The second-order valence-electron chi connectivity index (χ2n) is 6.55. The summed E-state index contributed by atoms with van der Waals surface area (Å²) in [6, 6.07) is 6.08. The summed E-state index contributed by atoms with van der Waals surface area (Å²) in [6.07, 6.45) is 8.65. The fraction of sp³-hybridized carbons (Fsp3) is 0.500. The molecule has 1 heterocycles. The van der Waals surface area contributed by atoms with Crippen LogP contribution in [0.1, 0.15) is 51.0 Å². The zero-order valence-electron chi connectivity index (χ0n) is 15.4. The molecule has 2 aliphatic rings.